The molecule has 2 aromatic rings. The number of aromatic nitrogens is 4. The van der Waals surface area contributed by atoms with Gasteiger partial charge in [-0.3, -0.25) is 14.3 Å². The molecule has 2 rings (SSSR count). The first kappa shape index (κ1) is 12.7. The Hall–Kier alpha value is -0.370. The summed E-state index contributed by atoms with van der Waals surface area (Å²) in [6.45, 7) is 0. The number of nitrogens with zero attached hydrogens (tertiary/aromatic N) is 3. The molecule has 0 aliphatic rings. The topological polar surface area (TPSA) is 72.7 Å². The van der Waals surface area contributed by atoms with Crippen LogP contribution in [-0.2, 0) is 14.1 Å². The van der Waals surface area contributed by atoms with Crippen molar-refractivity contribution in [3.8, 4) is 0 Å². The molecule has 0 spiro atoms. The number of hydrogen-bond acceptors (Lipinski definition) is 3. The van der Waals surface area contributed by atoms with E-state index in [9.17, 15) is 9.59 Å². The molecule has 0 aliphatic carbocycles. The number of nitrogens with one attached hydrogen (secondary N) is 1. The van der Waals surface area contributed by atoms with Gasteiger partial charge in [-0.2, -0.15) is 0 Å². The Morgan fingerprint density at radius 1 is 1.27 bits per heavy atom. The van der Waals surface area contributed by atoms with Crippen LogP contribution in [0.4, 0.5) is 0 Å². The third-order valence-electron chi connectivity index (χ3n) is 2.08. The molecule has 0 fully saturated rings. The zero-order valence-corrected chi connectivity index (χ0v) is 12.1. The fraction of sp³-hybridized carbons (Fsp3) is 0.286. The summed E-state index contributed by atoms with van der Waals surface area (Å²) in [6, 6.07) is 0. The Kier molecular flexibility index (Phi) is 3.59. The van der Waals surface area contributed by atoms with Crippen LogP contribution in [0.3, 0.4) is 0 Å². The molecule has 15 heavy (non-hydrogen) atoms. The number of H-pyrrole nitrogens is 1. The van der Waals surface area contributed by atoms with Crippen LogP contribution in [0.15, 0.2) is 14.3 Å². The second-order valence-corrected chi connectivity index (χ2v) is 3.64. The van der Waals surface area contributed by atoms with Crippen LogP contribution in [0.5, 0.6) is 0 Å². The fourth-order valence-electron chi connectivity index (χ4n) is 1.28. The number of aryl methyl sites for hydroxylation is 2. The van der Waals surface area contributed by atoms with Crippen molar-refractivity contribution in [3.63, 3.8) is 0 Å². The molecule has 8 heteroatoms. The zero-order chi connectivity index (χ0) is 10.5. The maximum absolute atomic E-state index is 11.4. The summed E-state index contributed by atoms with van der Waals surface area (Å²) < 4.78 is 3.38. The van der Waals surface area contributed by atoms with Crippen molar-refractivity contribution in [1.82, 2.24) is 19.1 Å². The molecule has 1 N–H and O–H groups in total. The van der Waals surface area contributed by atoms with Crippen LogP contribution in [0.2, 0.25) is 0 Å². The molecule has 0 aliphatic heterocycles. The normalized spacial score (nSPS) is 10.3. The van der Waals surface area contributed by atoms with E-state index in [1.807, 2.05) is 0 Å². The number of halogens is 1. The monoisotopic (exact) mass is 281 g/mol. The van der Waals surface area contributed by atoms with E-state index in [1.54, 1.807) is 18.7 Å². The van der Waals surface area contributed by atoms with E-state index in [-0.39, 0.29) is 29.6 Å². The third kappa shape index (κ3) is 1.84. The van der Waals surface area contributed by atoms with Crippen molar-refractivity contribution in [2.45, 2.75) is 0 Å². The average molecular weight is 282 g/mol. The minimum absolute atomic E-state index is 0. The molecule has 2 aromatic heterocycles. The number of fused-ring (bicyclic) bond motifs is 1. The summed E-state index contributed by atoms with van der Waals surface area (Å²) in [5.41, 5.74) is -0.149. The van der Waals surface area contributed by atoms with Crippen molar-refractivity contribution >= 4 is 56.7 Å². The quantitative estimate of drug-likeness (QED) is 0.515. The summed E-state index contributed by atoms with van der Waals surface area (Å²) >= 11 is 3.19. The molecule has 0 saturated carbocycles. The standard InChI is InChI=1S/C7H7BrN4O2.Na/c1-11-3-4(9-6(11)8)12(2)7(14)10-5(3)13;/h1-2H3,(H,10,13,14);. The number of imidazole rings is 1. The van der Waals surface area contributed by atoms with E-state index in [0.29, 0.717) is 15.9 Å². The van der Waals surface area contributed by atoms with E-state index in [1.165, 1.54) is 4.57 Å². The predicted molar refractivity (Wildman–Crippen MR) is 60.0 cm³/mol. The van der Waals surface area contributed by atoms with Gasteiger partial charge in [0.25, 0.3) is 5.56 Å². The first-order valence-electron chi connectivity index (χ1n) is 3.83. The Labute approximate surface area is 115 Å². The van der Waals surface area contributed by atoms with Gasteiger partial charge >= 0.3 is 5.69 Å². The third-order valence-corrected chi connectivity index (χ3v) is 2.79. The molecule has 0 aromatic carbocycles. The minimum atomic E-state index is -0.465. The van der Waals surface area contributed by atoms with E-state index in [0.717, 1.165) is 0 Å². The van der Waals surface area contributed by atoms with Gasteiger partial charge in [0.2, 0.25) is 0 Å². The second-order valence-electron chi connectivity index (χ2n) is 2.93. The van der Waals surface area contributed by atoms with Crippen molar-refractivity contribution in [3.05, 3.63) is 25.6 Å². The van der Waals surface area contributed by atoms with Gasteiger partial charge in [0, 0.05) is 43.7 Å². The van der Waals surface area contributed by atoms with Crippen LogP contribution < -0.4 is 11.2 Å². The maximum Gasteiger partial charge on any atom is 0.329 e. The second kappa shape index (κ2) is 4.25. The molecular weight excluding hydrogens is 275 g/mol. The van der Waals surface area contributed by atoms with Crippen LogP contribution in [0.1, 0.15) is 0 Å². The van der Waals surface area contributed by atoms with Crippen molar-refractivity contribution in [2.75, 3.05) is 0 Å². The summed E-state index contributed by atoms with van der Waals surface area (Å²) in [7, 11) is 3.25. The maximum atomic E-state index is 11.4. The molecule has 2 heterocycles. The van der Waals surface area contributed by atoms with Crippen LogP contribution in [0, 0.1) is 0 Å². The van der Waals surface area contributed by atoms with E-state index in [2.05, 4.69) is 25.9 Å². The number of hydrogen-bond donors (Lipinski definition) is 1. The SMILES string of the molecule is Cn1c(Br)nc2c1c(=O)[nH]c(=O)n2C.[Na]. The Balaban J connectivity index is 0.00000112. The summed E-state index contributed by atoms with van der Waals surface area (Å²) in [6.07, 6.45) is 0. The largest absolute Gasteiger partial charge is 0.329 e. The molecule has 0 atom stereocenters. The molecule has 1 radical (unpaired) electrons. The van der Waals surface area contributed by atoms with Crippen molar-refractivity contribution < 1.29 is 0 Å². The van der Waals surface area contributed by atoms with Gasteiger partial charge in [-0.1, -0.05) is 0 Å². The first-order valence-corrected chi connectivity index (χ1v) is 4.63. The van der Waals surface area contributed by atoms with Gasteiger partial charge in [-0.15, -0.1) is 0 Å². The van der Waals surface area contributed by atoms with Gasteiger partial charge in [0.15, 0.2) is 15.9 Å². The van der Waals surface area contributed by atoms with Gasteiger partial charge in [-0.25, -0.2) is 9.78 Å². The Morgan fingerprint density at radius 2 is 1.87 bits per heavy atom. The molecular formula is C7H7BrN4NaO2. The van der Waals surface area contributed by atoms with Crippen LogP contribution >= 0.6 is 15.9 Å². The van der Waals surface area contributed by atoms with E-state index < -0.39 is 11.2 Å². The molecule has 0 unspecified atom stereocenters. The molecule has 6 nitrogen and oxygen atoms in total. The number of rotatable bonds is 0. The Morgan fingerprint density at radius 3 is 2.47 bits per heavy atom. The van der Waals surface area contributed by atoms with Gasteiger partial charge in [0.1, 0.15) is 0 Å². The van der Waals surface area contributed by atoms with Gasteiger partial charge < -0.3 is 4.57 Å². The average Bonchev–Trinajstić information content (AvgIpc) is 2.40. The van der Waals surface area contributed by atoms with Crippen LogP contribution in [0.25, 0.3) is 11.2 Å². The fourth-order valence-corrected chi connectivity index (χ4v) is 1.63. The smallest absolute Gasteiger partial charge is 0.316 e. The van der Waals surface area contributed by atoms with Crippen molar-refractivity contribution in [1.29, 1.82) is 0 Å². The first-order chi connectivity index (χ1) is 6.52. The number of aromatic amines is 1. The zero-order valence-electron chi connectivity index (χ0n) is 8.54. The summed E-state index contributed by atoms with van der Waals surface area (Å²) in [5.74, 6) is 0. The van der Waals surface area contributed by atoms with Crippen LogP contribution in [-0.4, -0.2) is 48.7 Å². The predicted octanol–water partition coefficient (Wildman–Crippen LogP) is -0.658. The van der Waals surface area contributed by atoms with Crippen molar-refractivity contribution in [2.24, 2.45) is 14.1 Å². The van der Waals surface area contributed by atoms with Gasteiger partial charge in [-0.05, 0) is 15.9 Å². The molecule has 0 bridgehead atoms. The van der Waals surface area contributed by atoms with E-state index >= 15 is 0 Å². The van der Waals surface area contributed by atoms with E-state index in [4.69, 9.17) is 0 Å². The molecule has 0 amide bonds. The summed E-state index contributed by atoms with van der Waals surface area (Å²) in [4.78, 5) is 28.9. The molecule has 75 valence electrons. The molecule has 0 saturated heterocycles. The Bertz CT molecular complexity index is 626. The minimum Gasteiger partial charge on any atom is -0.316 e. The van der Waals surface area contributed by atoms with Gasteiger partial charge in [0.05, 0.1) is 0 Å². The summed E-state index contributed by atoms with van der Waals surface area (Å²) in [5, 5.41) is 0.